The first-order valence-electron chi connectivity index (χ1n) is 3.37. The zero-order valence-corrected chi connectivity index (χ0v) is 7.23. The second kappa shape index (κ2) is 4.04. The SMILES string of the molecule is C=N/C(C)=C\C(C)=C(C)C. The highest BCUT2D eigenvalue weighted by Gasteiger charge is 1.86. The predicted molar refractivity (Wildman–Crippen MR) is 47.4 cm³/mol. The van der Waals surface area contributed by atoms with Gasteiger partial charge in [-0.3, -0.25) is 4.99 Å². The summed E-state index contributed by atoms with van der Waals surface area (Å²) in [5, 5.41) is 0. The van der Waals surface area contributed by atoms with Gasteiger partial charge in [-0.05, 0) is 40.5 Å². The van der Waals surface area contributed by atoms with Gasteiger partial charge in [0.15, 0.2) is 0 Å². The number of allylic oxidation sites excluding steroid dienone is 4. The van der Waals surface area contributed by atoms with Crippen LogP contribution in [0, 0.1) is 0 Å². The number of hydrogen-bond donors (Lipinski definition) is 0. The van der Waals surface area contributed by atoms with Crippen LogP contribution in [0.2, 0.25) is 0 Å². The average Bonchev–Trinajstić information content (AvgIpc) is 1.87. The zero-order valence-electron chi connectivity index (χ0n) is 7.23. The summed E-state index contributed by atoms with van der Waals surface area (Å²) in [6, 6.07) is 0. The predicted octanol–water partition coefficient (Wildman–Crippen LogP) is 2.95. The van der Waals surface area contributed by atoms with Crippen LogP contribution < -0.4 is 0 Å². The second-order valence-corrected chi connectivity index (χ2v) is 2.63. The number of rotatable bonds is 2. The first-order chi connectivity index (χ1) is 4.57. The first-order valence-corrected chi connectivity index (χ1v) is 3.37. The summed E-state index contributed by atoms with van der Waals surface area (Å²) in [5.41, 5.74) is 3.56. The van der Waals surface area contributed by atoms with Crippen molar-refractivity contribution in [2.45, 2.75) is 27.7 Å². The van der Waals surface area contributed by atoms with Gasteiger partial charge in [0.25, 0.3) is 0 Å². The fourth-order valence-electron chi connectivity index (χ4n) is 0.503. The Morgan fingerprint density at radius 3 is 2.00 bits per heavy atom. The van der Waals surface area contributed by atoms with E-state index >= 15 is 0 Å². The molecule has 1 nitrogen and oxygen atoms in total. The van der Waals surface area contributed by atoms with Crippen molar-refractivity contribution in [1.82, 2.24) is 0 Å². The Bertz CT molecular complexity index is 181. The van der Waals surface area contributed by atoms with E-state index in [0.717, 1.165) is 5.70 Å². The van der Waals surface area contributed by atoms with Crippen LogP contribution in [-0.2, 0) is 0 Å². The highest BCUT2D eigenvalue weighted by atomic mass is 14.7. The Morgan fingerprint density at radius 2 is 1.70 bits per heavy atom. The van der Waals surface area contributed by atoms with E-state index < -0.39 is 0 Å². The molecule has 56 valence electrons. The topological polar surface area (TPSA) is 12.4 Å². The van der Waals surface area contributed by atoms with E-state index in [1.54, 1.807) is 0 Å². The third kappa shape index (κ3) is 3.23. The Hall–Kier alpha value is -0.850. The van der Waals surface area contributed by atoms with Gasteiger partial charge in [-0.1, -0.05) is 11.1 Å². The van der Waals surface area contributed by atoms with Gasteiger partial charge >= 0.3 is 0 Å². The standard InChI is InChI=1S/C9H15N/c1-7(2)8(3)6-9(4)10-5/h6H,5H2,1-4H3/b9-6-. The zero-order chi connectivity index (χ0) is 8.15. The minimum atomic E-state index is 0.971. The third-order valence-electron chi connectivity index (χ3n) is 1.46. The molecule has 0 aromatic heterocycles. The fourth-order valence-corrected chi connectivity index (χ4v) is 0.503. The molecule has 0 rings (SSSR count). The first kappa shape index (κ1) is 9.15. The minimum absolute atomic E-state index is 0.971. The average molecular weight is 137 g/mol. The van der Waals surface area contributed by atoms with Crippen molar-refractivity contribution in [2.75, 3.05) is 0 Å². The van der Waals surface area contributed by atoms with Crippen LogP contribution in [0.15, 0.2) is 27.9 Å². The lowest BCUT2D eigenvalue weighted by Gasteiger charge is -1.95. The van der Waals surface area contributed by atoms with E-state index in [1.165, 1.54) is 11.1 Å². The smallest absolute Gasteiger partial charge is 0.0368 e. The normalized spacial score (nSPS) is 11.0. The van der Waals surface area contributed by atoms with E-state index in [-0.39, 0.29) is 0 Å². The van der Waals surface area contributed by atoms with E-state index in [0.29, 0.717) is 0 Å². The summed E-state index contributed by atoms with van der Waals surface area (Å²) < 4.78 is 0. The molecule has 0 aromatic carbocycles. The highest BCUT2D eigenvalue weighted by molar-refractivity contribution is 5.32. The molecule has 0 aliphatic carbocycles. The van der Waals surface area contributed by atoms with E-state index in [4.69, 9.17) is 0 Å². The van der Waals surface area contributed by atoms with Gasteiger partial charge in [0.05, 0.1) is 0 Å². The molecule has 0 radical (unpaired) electrons. The molecule has 0 aliphatic heterocycles. The van der Waals surface area contributed by atoms with Crippen molar-refractivity contribution in [2.24, 2.45) is 4.99 Å². The maximum Gasteiger partial charge on any atom is 0.0368 e. The minimum Gasteiger partial charge on any atom is -0.269 e. The molecular weight excluding hydrogens is 122 g/mol. The summed E-state index contributed by atoms with van der Waals surface area (Å²) in [4.78, 5) is 3.79. The van der Waals surface area contributed by atoms with Gasteiger partial charge in [-0.25, -0.2) is 0 Å². The van der Waals surface area contributed by atoms with E-state index in [1.807, 2.05) is 13.0 Å². The largest absolute Gasteiger partial charge is 0.269 e. The highest BCUT2D eigenvalue weighted by Crippen LogP contribution is 2.06. The fraction of sp³-hybridized carbons (Fsp3) is 0.444. The quantitative estimate of drug-likeness (QED) is 0.410. The van der Waals surface area contributed by atoms with Crippen LogP contribution in [0.25, 0.3) is 0 Å². The lowest BCUT2D eigenvalue weighted by atomic mass is 10.1. The Labute approximate surface area is 63.2 Å². The molecule has 0 heterocycles. The van der Waals surface area contributed by atoms with Crippen molar-refractivity contribution in [3.05, 3.63) is 22.9 Å². The molecule has 0 spiro atoms. The summed E-state index contributed by atoms with van der Waals surface area (Å²) in [5.74, 6) is 0. The maximum atomic E-state index is 3.79. The van der Waals surface area contributed by atoms with Crippen molar-refractivity contribution in [1.29, 1.82) is 0 Å². The van der Waals surface area contributed by atoms with Crippen molar-refractivity contribution in [3.63, 3.8) is 0 Å². The molecule has 0 fully saturated rings. The lowest BCUT2D eigenvalue weighted by molar-refractivity contribution is 1.24. The van der Waals surface area contributed by atoms with Crippen LogP contribution in [0.4, 0.5) is 0 Å². The van der Waals surface area contributed by atoms with Crippen LogP contribution in [0.5, 0.6) is 0 Å². The Balaban J connectivity index is 4.42. The monoisotopic (exact) mass is 137 g/mol. The van der Waals surface area contributed by atoms with Gasteiger partial charge < -0.3 is 0 Å². The number of aliphatic imine (C=N–C) groups is 1. The molecule has 0 amide bonds. The van der Waals surface area contributed by atoms with Crippen molar-refractivity contribution < 1.29 is 0 Å². The van der Waals surface area contributed by atoms with E-state index in [2.05, 4.69) is 32.5 Å². The molecule has 0 aromatic rings. The van der Waals surface area contributed by atoms with Gasteiger partial charge in [-0.15, -0.1) is 0 Å². The van der Waals surface area contributed by atoms with Gasteiger partial charge in [-0.2, -0.15) is 0 Å². The molecule has 0 N–H and O–H groups in total. The van der Waals surface area contributed by atoms with Crippen LogP contribution in [0.1, 0.15) is 27.7 Å². The van der Waals surface area contributed by atoms with Crippen LogP contribution in [-0.4, -0.2) is 6.72 Å². The maximum absolute atomic E-state index is 3.79. The molecule has 0 aliphatic rings. The number of hydrogen-bond acceptors (Lipinski definition) is 1. The van der Waals surface area contributed by atoms with Crippen molar-refractivity contribution in [3.8, 4) is 0 Å². The molecule has 1 heteroatoms. The molecular formula is C9H15N. The molecule has 0 saturated heterocycles. The van der Waals surface area contributed by atoms with Crippen LogP contribution in [0.3, 0.4) is 0 Å². The van der Waals surface area contributed by atoms with Crippen molar-refractivity contribution >= 4 is 6.72 Å². The summed E-state index contributed by atoms with van der Waals surface area (Å²) >= 11 is 0. The molecule has 0 unspecified atom stereocenters. The molecule has 10 heavy (non-hydrogen) atoms. The summed E-state index contributed by atoms with van der Waals surface area (Å²) in [7, 11) is 0. The van der Waals surface area contributed by atoms with Crippen LogP contribution >= 0.6 is 0 Å². The van der Waals surface area contributed by atoms with Gasteiger partial charge in [0, 0.05) is 5.70 Å². The molecule has 0 saturated carbocycles. The second-order valence-electron chi connectivity index (χ2n) is 2.63. The number of nitrogens with zero attached hydrogens (tertiary/aromatic N) is 1. The molecule has 0 atom stereocenters. The Kier molecular flexibility index (Phi) is 3.70. The summed E-state index contributed by atoms with van der Waals surface area (Å²) in [6.07, 6.45) is 2.03. The Morgan fingerprint density at radius 1 is 1.20 bits per heavy atom. The third-order valence-corrected chi connectivity index (χ3v) is 1.46. The molecule has 0 bridgehead atoms. The lowest BCUT2D eigenvalue weighted by Crippen LogP contribution is -1.75. The van der Waals surface area contributed by atoms with Gasteiger partial charge in [0.1, 0.15) is 0 Å². The summed E-state index contributed by atoms with van der Waals surface area (Å²) in [6.45, 7) is 11.6. The van der Waals surface area contributed by atoms with E-state index in [9.17, 15) is 0 Å². The van der Waals surface area contributed by atoms with Gasteiger partial charge in [0.2, 0.25) is 0 Å².